The van der Waals surface area contributed by atoms with Gasteiger partial charge in [0.15, 0.2) is 11.5 Å². The van der Waals surface area contributed by atoms with Crippen molar-refractivity contribution >= 4 is 0 Å². The Morgan fingerprint density at radius 2 is 2.19 bits per heavy atom. The minimum absolute atomic E-state index is 0.338. The third-order valence-corrected chi connectivity index (χ3v) is 3.98. The standard InChI is InChI=1S/C16H20N2O3/c1-20-15-6-7-17-13(16(15)21-2)10-18-8-11-4-3-5-14(19)12(11)9-18/h6-9,14,19H,3-5,10H2,1-2H3. The van der Waals surface area contributed by atoms with Crippen molar-refractivity contribution in [2.75, 3.05) is 14.2 Å². The summed E-state index contributed by atoms with van der Waals surface area (Å²) < 4.78 is 12.8. The highest BCUT2D eigenvalue weighted by Gasteiger charge is 2.20. The van der Waals surface area contributed by atoms with E-state index in [2.05, 4.69) is 15.7 Å². The van der Waals surface area contributed by atoms with Gasteiger partial charge in [0.2, 0.25) is 0 Å². The first-order valence-corrected chi connectivity index (χ1v) is 7.15. The van der Waals surface area contributed by atoms with Crippen molar-refractivity contribution in [2.45, 2.75) is 31.9 Å². The number of aryl methyl sites for hydroxylation is 1. The molecule has 112 valence electrons. The van der Waals surface area contributed by atoms with Crippen LogP contribution < -0.4 is 9.47 Å². The number of ether oxygens (including phenoxy) is 2. The van der Waals surface area contributed by atoms with Crippen LogP contribution in [0.2, 0.25) is 0 Å². The molecule has 1 aliphatic rings. The van der Waals surface area contributed by atoms with Crippen molar-refractivity contribution in [3.63, 3.8) is 0 Å². The monoisotopic (exact) mass is 288 g/mol. The number of nitrogens with zero attached hydrogens (tertiary/aromatic N) is 2. The Kier molecular flexibility index (Phi) is 3.84. The van der Waals surface area contributed by atoms with E-state index in [9.17, 15) is 5.11 Å². The summed E-state index contributed by atoms with van der Waals surface area (Å²) in [6.45, 7) is 0.597. The third kappa shape index (κ3) is 2.61. The Bertz CT molecular complexity index is 636. The van der Waals surface area contributed by atoms with Crippen LogP contribution in [0.15, 0.2) is 24.7 Å². The van der Waals surface area contributed by atoms with Gasteiger partial charge in [-0.05, 0) is 24.8 Å². The summed E-state index contributed by atoms with van der Waals surface area (Å²) in [5.41, 5.74) is 3.09. The summed E-state index contributed by atoms with van der Waals surface area (Å²) in [7, 11) is 3.24. The molecule has 1 aliphatic carbocycles. The molecule has 1 unspecified atom stereocenters. The lowest BCUT2D eigenvalue weighted by Crippen LogP contribution is -2.05. The van der Waals surface area contributed by atoms with Crippen molar-refractivity contribution in [1.82, 2.24) is 9.55 Å². The van der Waals surface area contributed by atoms with E-state index in [4.69, 9.17) is 9.47 Å². The molecular weight excluding hydrogens is 268 g/mol. The van der Waals surface area contributed by atoms with Crippen molar-refractivity contribution in [1.29, 1.82) is 0 Å². The van der Waals surface area contributed by atoms with Gasteiger partial charge in [0.25, 0.3) is 0 Å². The topological polar surface area (TPSA) is 56.5 Å². The summed E-state index contributed by atoms with van der Waals surface area (Å²) in [6, 6.07) is 1.78. The van der Waals surface area contributed by atoms with E-state index in [1.54, 1.807) is 26.5 Å². The second kappa shape index (κ2) is 5.77. The quantitative estimate of drug-likeness (QED) is 0.938. The second-order valence-electron chi connectivity index (χ2n) is 5.31. The lowest BCUT2D eigenvalue weighted by atomic mass is 9.93. The van der Waals surface area contributed by atoms with Crippen LogP contribution >= 0.6 is 0 Å². The fourth-order valence-electron chi connectivity index (χ4n) is 2.95. The van der Waals surface area contributed by atoms with Gasteiger partial charge in [-0.1, -0.05) is 0 Å². The van der Waals surface area contributed by atoms with Crippen LogP contribution in [0.25, 0.3) is 0 Å². The average Bonchev–Trinajstić information content (AvgIpc) is 2.91. The fraction of sp³-hybridized carbons (Fsp3) is 0.438. The summed E-state index contributed by atoms with van der Waals surface area (Å²) in [5, 5.41) is 10.1. The van der Waals surface area contributed by atoms with Gasteiger partial charge in [0.1, 0.15) is 5.69 Å². The molecule has 1 N–H and O–H groups in total. The lowest BCUT2D eigenvalue weighted by Gasteiger charge is -2.16. The zero-order valence-corrected chi connectivity index (χ0v) is 12.4. The number of methoxy groups -OCH3 is 2. The first-order chi connectivity index (χ1) is 10.2. The molecule has 0 saturated carbocycles. The van der Waals surface area contributed by atoms with Crippen LogP contribution in [0.5, 0.6) is 11.5 Å². The second-order valence-corrected chi connectivity index (χ2v) is 5.31. The highest BCUT2D eigenvalue weighted by Crippen LogP contribution is 2.32. The highest BCUT2D eigenvalue weighted by molar-refractivity contribution is 5.43. The molecule has 2 aromatic rings. The molecule has 0 radical (unpaired) electrons. The Labute approximate surface area is 124 Å². The highest BCUT2D eigenvalue weighted by atomic mass is 16.5. The number of aliphatic hydroxyl groups excluding tert-OH is 1. The predicted octanol–water partition coefficient (Wildman–Crippen LogP) is 2.32. The van der Waals surface area contributed by atoms with Crippen LogP contribution in [0.1, 0.15) is 35.8 Å². The van der Waals surface area contributed by atoms with Gasteiger partial charge in [0, 0.05) is 30.2 Å². The molecule has 0 fully saturated rings. The van der Waals surface area contributed by atoms with E-state index in [0.29, 0.717) is 18.0 Å². The van der Waals surface area contributed by atoms with Crippen LogP contribution in [-0.2, 0) is 13.0 Å². The molecule has 0 saturated heterocycles. The van der Waals surface area contributed by atoms with Crippen LogP contribution in [0.3, 0.4) is 0 Å². The fourth-order valence-corrected chi connectivity index (χ4v) is 2.95. The summed E-state index contributed by atoms with van der Waals surface area (Å²) in [4.78, 5) is 4.39. The molecule has 0 amide bonds. The number of rotatable bonds is 4. The van der Waals surface area contributed by atoms with Crippen LogP contribution in [0.4, 0.5) is 0 Å². The number of hydrogen-bond acceptors (Lipinski definition) is 4. The maximum Gasteiger partial charge on any atom is 0.184 e. The van der Waals surface area contributed by atoms with Crippen molar-refractivity contribution in [2.24, 2.45) is 0 Å². The molecule has 0 aromatic carbocycles. The first-order valence-electron chi connectivity index (χ1n) is 7.15. The van der Waals surface area contributed by atoms with Crippen LogP contribution in [0, 0.1) is 0 Å². The average molecular weight is 288 g/mol. The Hall–Kier alpha value is -2.01. The van der Waals surface area contributed by atoms with E-state index < -0.39 is 0 Å². The van der Waals surface area contributed by atoms with E-state index >= 15 is 0 Å². The molecular formula is C16H20N2O3. The molecule has 2 heterocycles. The summed E-state index contributed by atoms with van der Waals surface area (Å²) in [6.07, 6.45) is 8.40. The SMILES string of the molecule is COc1ccnc(Cn2cc3c(c2)C(O)CCC3)c1OC. The minimum atomic E-state index is -0.338. The molecule has 5 nitrogen and oxygen atoms in total. The predicted molar refractivity (Wildman–Crippen MR) is 78.8 cm³/mol. The molecule has 0 aliphatic heterocycles. The van der Waals surface area contributed by atoms with E-state index in [-0.39, 0.29) is 6.10 Å². The normalized spacial score (nSPS) is 17.4. The smallest absolute Gasteiger partial charge is 0.184 e. The van der Waals surface area contributed by atoms with Gasteiger partial charge in [-0.2, -0.15) is 0 Å². The largest absolute Gasteiger partial charge is 0.493 e. The van der Waals surface area contributed by atoms with Gasteiger partial charge in [-0.15, -0.1) is 0 Å². The number of aromatic nitrogens is 2. The van der Waals surface area contributed by atoms with Crippen molar-refractivity contribution in [3.05, 3.63) is 41.5 Å². The van der Waals surface area contributed by atoms with E-state index in [0.717, 1.165) is 30.5 Å². The summed E-state index contributed by atoms with van der Waals surface area (Å²) in [5.74, 6) is 1.34. The number of aliphatic hydroxyl groups is 1. The summed E-state index contributed by atoms with van der Waals surface area (Å²) >= 11 is 0. The van der Waals surface area contributed by atoms with E-state index in [1.165, 1.54) is 5.56 Å². The number of fused-ring (bicyclic) bond motifs is 1. The van der Waals surface area contributed by atoms with Gasteiger partial charge >= 0.3 is 0 Å². The van der Waals surface area contributed by atoms with Gasteiger partial charge in [0.05, 0.1) is 26.9 Å². The van der Waals surface area contributed by atoms with Crippen molar-refractivity contribution in [3.8, 4) is 11.5 Å². The van der Waals surface area contributed by atoms with Gasteiger partial charge < -0.3 is 19.1 Å². The molecule has 0 bridgehead atoms. The van der Waals surface area contributed by atoms with Crippen molar-refractivity contribution < 1.29 is 14.6 Å². The number of pyridine rings is 1. The molecule has 21 heavy (non-hydrogen) atoms. The zero-order chi connectivity index (χ0) is 14.8. The van der Waals surface area contributed by atoms with E-state index in [1.807, 2.05) is 6.20 Å². The molecule has 1 atom stereocenters. The maximum atomic E-state index is 10.1. The maximum absolute atomic E-state index is 10.1. The Morgan fingerprint density at radius 3 is 2.90 bits per heavy atom. The van der Waals surface area contributed by atoms with Crippen LogP contribution in [-0.4, -0.2) is 28.9 Å². The Morgan fingerprint density at radius 1 is 1.33 bits per heavy atom. The molecule has 3 rings (SSSR count). The molecule has 5 heteroatoms. The van der Waals surface area contributed by atoms with Gasteiger partial charge in [-0.25, -0.2) is 0 Å². The Balaban J connectivity index is 1.91. The minimum Gasteiger partial charge on any atom is -0.493 e. The first kappa shape index (κ1) is 13.9. The van der Waals surface area contributed by atoms with Gasteiger partial charge in [-0.3, -0.25) is 4.98 Å². The lowest BCUT2D eigenvalue weighted by molar-refractivity contribution is 0.157. The molecule has 2 aromatic heterocycles. The molecule has 0 spiro atoms. The number of hydrogen-bond donors (Lipinski definition) is 1. The zero-order valence-electron chi connectivity index (χ0n) is 12.4. The third-order valence-electron chi connectivity index (χ3n) is 3.98.